The van der Waals surface area contributed by atoms with E-state index in [1.54, 1.807) is 7.11 Å². The highest BCUT2D eigenvalue weighted by atomic mass is 16.5. The highest BCUT2D eigenvalue weighted by molar-refractivity contribution is 6.06. The molecule has 1 N–H and O–H groups in total. The highest BCUT2D eigenvalue weighted by Crippen LogP contribution is 2.25. The fraction of sp³-hybridized carbons (Fsp3) is 0.500. The molecule has 1 unspecified atom stereocenters. The van der Waals surface area contributed by atoms with Crippen molar-refractivity contribution in [2.24, 2.45) is 0 Å². The average Bonchev–Trinajstić information content (AvgIpc) is 3.21. The summed E-state index contributed by atoms with van der Waals surface area (Å²) in [7, 11) is 1.64. The topological polar surface area (TPSA) is 57.7 Å². The number of nitrogens with one attached hydrogen (secondary N) is 1. The number of amides is 1. The van der Waals surface area contributed by atoms with Crippen LogP contribution in [0.4, 0.5) is 0 Å². The number of methoxy groups -OCH3 is 1. The fourth-order valence-electron chi connectivity index (χ4n) is 4.06. The Hall–Kier alpha value is -2.18. The lowest BCUT2D eigenvalue weighted by Gasteiger charge is -2.38. The molecule has 2 aliphatic heterocycles. The number of carbonyl (C=O) groups excluding carboxylic acids is 1. The molecular weight excluding hydrogens is 328 g/mol. The Morgan fingerprint density at radius 3 is 2.73 bits per heavy atom. The zero-order valence-electron chi connectivity index (χ0n) is 15.5. The standard InChI is InChI=1S/C20H26N4O2/c1-14-11-18(17-4-3-16(26-2)12-19(17)22-14)20(25)24-9-7-23(8-10-24)15-5-6-21-13-15/h3-4,11-12,15,21H,5-10,13H2,1-2H3. The van der Waals surface area contributed by atoms with Crippen LogP contribution in [0.5, 0.6) is 5.75 Å². The minimum absolute atomic E-state index is 0.106. The second-order valence-corrected chi connectivity index (χ2v) is 7.17. The van der Waals surface area contributed by atoms with Crippen molar-refractivity contribution < 1.29 is 9.53 Å². The Labute approximate surface area is 154 Å². The average molecular weight is 354 g/mol. The first-order chi connectivity index (χ1) is 12.7. The Kier molecular flexibility index (Phi) is 4.78. The first-order valence-corrected chi connectivity index (χ1v) is 9.35. The molecule has 0 bridgehead atoms. The van der Waals surface area contributed by atoms with Crippen LogP contribution in [0.3, 0.4) is 0 Å². The SMILES string of the molecule is COc1ccc2c(C(=O)N3CCN(C4CCNC4)CC3)cc(C)nc2c1. The van der Waals surface area contributed by atoms with Crippen molar-refractivity contribution >= 4 is 16.8 Å². The predicted molar refractivity (Wildman–Crippen MR) is 102 cm³/mol. The lowest BCUT2D eigenvalue weighted by molar-refractivity contribution is 0.0585. The monoisotopic (exact) mass is 354 g/mol. The summed E-state index contributed by atoms with van der Waals surface area (Å²) < 4.78 is 5.29. The van der Waals surface area contributed by atoms with Crippen molar-refractivity contribution in [2.45, 2.75) is 19.4 Å². The van der Waals surface area contributed by atoms with E-state index in [-0.39, 0.29) is 5.91 Å². The van der Waals surface area contributed by atoms with Crippen LogP contribution in [0.1, 0.15) is 22.5 Å². The highest BCUT2D eigenvalue weighted by Gasteiger charge is 2.28. The van der Waals surface area contributed by atoms with E-state index in [1.165, 1.54) is 6.42 Å². The second kappa shape index (κ2) is 7.21. The van der Waals surface area contributed by atoms with Crippen molar-refractivity contribution in [3.8, 4) is 5.75 Å². The normalized spacial score (nSPS) is 21.3. The summed E-state index contributed by atoms with van der Waals surface area (Å²) in [5.74, 6) is 0.864. The number of carbonyl (C=O) groups is 1. The summed E-state index contributed by atoms with van der Waals surface area (Å²) in [6, 6.07) is 8.26. The van der Waals surface area contributed by atoms with E-state index in [9.17, 15) is 4.79 Å². The lowest BCUT2D eigenvalue weighted by Crippen LogP contribution is -2.52. The number of nitrogens with zero attached hydrogens (tertiary/aromatic N) is 3. The van der Waals surface area contributed by atoms with Gasteiger partial charge in [-0.15, -0.1) is 0 Å². The van der Waals surface area contributed by atoms with Crippen molar-refractivity contribution in [3.63, 3.8) is 0 Å². The van der Waals surface area contributed by atoms with Gasteiger partial charge in [0, 0.05) is 55.9 Å². The van der Waals surface area contributed by atoms with E-state index in [0.717, 1.165) is 67.2 Å². The van der Waals surface area contributed by atoms with Gasteiger partial charge in [-0.3, -0.25) is 14.7 Å². The van der Waals surface area contributed by atoms with Crippen LogP contribution in [0.25, 0.3) is 10.9 Å². The third-order valence-electron chi connectivity index (χ3n) is 5.53. The summed E-state index contributed by atoms with van der Waals surface area (Å²) in [5.41, 5.74) is 2.40. The van der Waals surface area contributed by atoms with Gasteiger partial charge in [-0.2, -0.15) is 0 Å². The Morgan fingerprint density at radius 1 is 1.23 bits per heavy atom. The van der Waals surface area contributed by atoms with Crippen molar-refractivity contribution in [3.05, 3.63) is 35.5 Å². The maximum atomic E-state index is 13.2. The van der Waals surface area contributed by atoms with Gasteiger partial charge in [0.2, 0.25) is 0 Å². The van der Waals surface area contributed by atoms with Crippen LogP contribution in [-0.4, -0.2) is 73.1 Å². The van der Waals surface area contributed by atoms with Crippen LogP contribution in [0, 0.1) is 6.92 Å². The summed E-state index contributed by atoms with van der Waals surface area (Å²) >= 11 is 0. The molecular formula is C20H26N4O2. The minimum atomic E-state index is 0.106. The molecule has 2 aliphatic rings. The number of hydrogen-bond donors (Lipinski definition) is 1. The van der Waals surface area contributed by atoms with Crippen molar-refractivity contribution in [1.82, 2.24) is 20.1 Å². The molecule has 138 valence electrons. The molecule has 0 aliphatic carbocycles. The van der Waals surface area contributed by atoms with E-state index in [4.69, 9.17) is 4.74 Å². The van der Waals surface area contributed by atoms with Gasteiger partial charge in [0.1, 0.15) is 5.75 Å². The molecule has 2 aromatic rings. The molecule has 6 heteroatoms. The van der Waals surface area contributed by atoms with Crippen molar-refractivity contribution in [1.29, 1.82) is 0 Å². The first-order valence-electron chi connectivity index (χ1n) is 9.35. The number of fused-ring (bicyclic) bond motifs is 1. The van der Waals surface area contributed by atoms with E-state index in [0.29, 0.717) is 6.04 Å². The third-order valence-corrected chi connectivity index (χ3v) is 5.53. The van der Waals surface area contributed by atoms with Gasteiger partial charge in [0.25, 0.3) is 5.91 Å². The number of aromatic nitrogens is 1. The first kappa shape index (κ1) is 17.2. The molecule has 1 aromatic heterocycles. The Bertz CT molecular complexity index is 809. The van der Waals surface area contributed by atoms with Gasteiger partial charge in [0.05, 0.1) is 18.2 Å². The van der Waals surface area contributed by atoms with E-state index in [1.807, 2.05) is 36.1 Å². The zero-order valence-corrected chi connectivity index (χ0v) is 15.5. The summed E-state index contributed by atoms with van der Waals surface area (Å²) in [6.07, 6.45) is 1.21. The van der Waals surface area contributed by atoms with Crippen LogP contribution in [0.15, 0.2) is 24.3 Å². The van der Waals surface area contributed by atoms with Crippen LogP contribution < -0.4 is 10.1 Å². The largest absolute Gasteiger partial charge is 0.497 e. The molecule has 26 heavy (non-hydrogen) atoms. The van der Waals surface area contributed by atoms with Crippen LogP contribution in [0.2, 0.25) is 0 Å². The number of pyridine rings is 1. The maximum absolute atomic E-state index is 13.2. The molecule has 2 saturated heterocycles. The van der Waals surface area contributed by atoms with Crippen molar-refractivity contribution in [2.75, 3.05) is 46.4 Å². The van der Waals surface area contributed by atoms with Gasteiger partial charge in [-0.05, 0) is 38.1 Å². The van der Waals surface area contributed by atoms with E-state index < -0.39 is 0 Å². The molecule has 3 heterocycles. The van der Waals surface area contributed by atoms with Crippen LogP contribution in [-0.2, 0) is 0 Å². The van der Waals surface area contributed by atoms with E-state index in [2.05, 4.69) is 15.2 Å². The Morgan fingerprint density at radius 2 is 2.04 bits per heavy atom. The molecule has 0 spiro atoms. The number of hydrogen-bond acceptors (Lipinski definition) is 5. The van der Waals surface area contributed by atoms with Gasteiger partial charge < -0.3 is 15.0 Å². The van der Waals surface area contributed by atoms with Gasteiger partial charge in [-0.25, -0.2) is 0 Å². The summed E-state index contributed by atoms with van der Waals surface area (Å²) in [6.45, 7) is 7.59. The molecule has 2 fully saturated rings. The molecule has 1 atom stereocenters. The van der Waals surface area contributed by atoms with E-state index >= 15 is 0 Å². The molecule has 0 saturated carbocycles. The number of benzene rings is 1. The van der Waals surface area contributed by atoms with Gasteiger partial charge in [0.15, 0.2) is 0 Å². The third kappa shape index (κ3) is 3.27. The molecule has 0 radical (unpaired) electrons. The molecule has 6 nitrogen and oxygen atoms in total. The van der Waals surface area contributed by atoms with Crippen LogP contribution >= 0.6 is 0 Å². The maximum Gasteiger partial charge on any atom is 0.254 e. The fourth-order valence-corrected chi connectivity index (χ4v) is 4.06. The predicted octanol–water partition coefficient (Wildman–Crippen LogP) is 1.67. The van der Waals surface area contributed by atoms with Gasteiger partial charge >= 0.3 is 0 Å². The Balaban J connectivity index is 1.54. The lowest BCUT2D eigenvalue weighted by atomic mass is 10.1. The molecule has 1 amide bonds. The smallest absolute Gasteiger partial charge is 0.254 e. The molecule has 1 aromatic carbocycles. The summed E-state index contributed by atoms with van der Waals surface area (Å²) in [5, 5.41) is 4.32. The quantitative estimate of drug-likeness (QED) is 0.909. The zero-order chi connectivity index (χ0) is 18.1. The summed E-state index contributed by atoms with van der Waals surface area (Å²) in [4.78, 5) is 22.3. The number of ether oxygens (including phenoxy) is 1. The molecule has 4 rings (SSSR count). The number of rotatable bonds is 3. The minimum Gasteiger partial charge on any atom is -0.497 e. The van der Waals surface area contributed by atoms with Gasteiger partial charge in [-0.1, -0.05) is 0 Å². The number of aryl methyl sites for hydroxylation is 1. The second-order valence-electron chi connectivity index (χ2n) is 7.17. The number of piperazine rings is 1.